The Hall–Kier alpha value is -1.40. The van der Waals surface area contributed by atoms with Crippen molar-refractivity contribution in [1.29, 1.82) is 0 Å². The molecule has 2 saturated heterocycles. The maximum absolute atomic E-state index is 12.4. The second kappa shape index (κ2) is 5.18. The number of aliphatic carboxylic acids is 1. The number of rotatable bonds is 3. The zero-order valence-electron chi connectivity index (χ0n) is 10.6. The predicted octanol–water partition coefficient (Wildman–Crippen LogP) is 2.27. The molecule has 2 bridgehead atoms. The lowest BCUT2D eigenvalue weighted by Crippen LogP contribution is -2.40. The number of nitrogens with one attached hydrogen (secondary N) is 1. The van der Waals surface area contributed by atoms with Gasteiger partial charge in [-0.05, 0) is 31.0 Å². The molecule has 2 N–H and O–H groups in total. The van der Waals surface area contributed by atoms with Crippen molar-refractivity contribution >= 4 is 33.5 Å². The lowest BCUT2D eigenvalue weighted by molar-refractivity contribution is -0.147. The third kappa shape index (κ3) is 2.33. The molecule has 1 amide bonds. The first-order chi connectivity index (χ1) is 9.56. The summed E-state index contributed by atoms with van der Waals surface area (Å²) in [6, 6.07) is 7.22. The standard InChI is InChI=1S/C14H14BrNO4/c15-7-2-1-3-8(6-7)16-13(17)11-9-4-5-10(20-9)12(11)14(18)19/h1-3,6,9-12H,4-5H2,(H,16,17)(H,18,19). The molecular formula is C14H14BrNO4. The average molecular weight is 340 g/mol. The number of amides is 1. The number of fused-ring (bicyclic) bond motifs is 2. The van der Waals surface area contributed by atoms with Gasteiger partial charge in [0.2, 0.25) is 5.91 Å². The first-order valence-electron chi connectivity index (χ1n) is 6.51. The van der Waals surface area contributed by atoms with Crippen molar-refractivity contribution in [3.63, 3.8) is 0 Å². The van der Waals surface area contributed by atoms with Crippen molar-refractivity contribution in [2.24, 2.45) is 11.8 Å². The quantitative estimate of drug-likeness (QED) is 0.885. The van der Waals surface area contributed by atoms with Crippen LogP contribution in [0.4, 0.5) is 5.69 Å². The number of hydrogen-bond donors (Lipinski definition) is 2. The zero-order valence-corrected chi connectivity index (χ0v) is 12.2. The summed E-state index contributed by atoms with van der Waals surface area (Å²) in [6.45, 7) is 0. The number of carboxylic acids is 1. The number of hydrogen-bond acceptors (Lipinski definition) is 3. The van der Waals surface area contributed by atoms with Gasteiger partial charge in [0.15, 0.2) is 0 Å². The fourth-order valence-corrected chi connectivity index (χ4v) is 3.52. The van der Waals surface area contributed by atoms with Crippen LogP contribution in [0.15, 0.2) is 28.7 Å². The van der Waals surface area contributed by atoms with Gasteiger partial charge in [0.1, 0.15) is 0 Å². The molecule has 2 aliphatic rings. The van der Waals surface area contributed by atoms with Gasteiger partial charge in [0, 0.05) is 10.2 Å². The lowest BCUT2D eigenvalue weighted by atomic mass is 9.78. The monoisotopic (exact) mass is 339 g/mol. The molecular weight excluding hydrogens is 326 g/mol. The second-order valence-corrected chi connectivity index (χ2v) is 6.10. The Morgan fingerprint density at radius 3 is 2.60 bits per heavy atom. The van der Waals surface area contributed by atoms with Crippen LogP contribution in [-0.2, 0) is 14.3 Å². The highest BCUT2D eigenvalue weighted by molar-refractivity contribution is 9.10. The summed E-state index contributed by atoms with van der Waals surface area (Å²) in [5.74, 6) is -2.57. The van der Waals surface area contributed by atoms with Gasteiger partial charge in [-0.15, -0.1) is 0 Å². The average Bonchev–Trinajstić information content (AvgIpc) is 2.98. The molecule has 0 radical (unpaired) electrons. The van der Waals surface area contributed by atoms with E-state index in [2.05, 4.69) is 21.2 Å². The van der Waals surface area contributed by atoms with Crippen LogP contribution in [0.2, 0.25) is 0 Å². The summed E-state index contributed by atoms with van der Waals surface area (Å²) >= 11 is 3.33. The highest BCUT2D eigenvalue weighted by atomic mass is 79.9. The van der Waals surface area contributed by atoms with Crippen LogP contribution in [0.5, 0.6) is 0 Å². The van der Waals surface area contributed by atoms with E-state index in [1.165, 1.54) is 0 Å². The van der Waals surface area contributed by atoms with Gasteiger partial charge in [-0.1, -0.05) is 22.0 Å². The smallest absolute Gasteiger partial charge is 0.310 e. The fraction of sp³-hybridized carbons (Fsp3) is 0.429. The minimum Gasteiger partial charge on any atom is -0.481 e. The summed E-state index contributed by atoms with van der Waals surface area (Å²) in [7, 11) is 0. The number of carbonyl (C=O) groups excluding carboxylic acids is 1. The molecule has 6 heteroatoms. The van der Waals surface area contributed by atoms with Gasteiger partial charge >= 0.3 is 5.97 Å². The van der Waals surface area contributed by atoms with E-state index in [9.17, 15) is 14.7 Å². The molecule has 5 nitrogen and oxygen atoms in total. The molecule has 1 aromatic rings. The first kappa shape index (κ1) is 13.6. The van der Waals surface area contributed by atoms with Crippen LogP contribution in [0.3, 0.4) is 0 Å². The van der Waals surface area contributed by atoms with Crippen LogP contribution in [-0.4, -0.2) is 29.2 Å². The SMILES string of the molecule is O=C(O)C1C2CCC(O2)C1C(=O)Nc1cccc(Br)c1. The second-order valence-electron chi connectivity index (χ2n) is 5.18. The van der Waals surface area contributed by atoms with E-state index in [1.54, 1.807) is 12.1 Å². The van der Waals surface area contributed by atoms with E-state index < -0.39 is 17.8 Å². The maximum Gasteiger partial charge on any atom is 0.310 e. The first-order valence-corrected chi connectivity index (χ1v) is 7.30. The van der Waals surface area contributed by atoms with Crippen molar-refractivity contribution in [2.75, 3.05) is 5.32 Å². The molecule has 3 rings (SSSR count). The van der Waals surface area contributed by atoms with Crippen molar-refractivity contribution in [2.45, 2.75) is 25.0 Å². The minimum atomic E-state index is -0.952. The van der Waals surface area contributed by atoms with Gasteiger partial charge in [0.25, 0.3) is 0 Å². The maximum atomic E-state index is 12.4. The summed E-state index contributed by atoms with van der Waals surface area (Å²) in [5, 5.41) is 12.1. The molecule has 1 aromatic carbocycles. The van der Waals surface area contributed by atoms with Crippen LogP contribution in [0, 0.1) is 11.8 Å². The van der Waals surface area contributed by atoms with Crippen molar-refractivity contribution in [3.05, 3.63) is 28.7 Å². The molecule has 0 aromatic heterocycles. The van der Waals surface area contributed by atoms with Crippen molar-refractivity contribution in [3.8, 4) is 0 Å². The van der Waals surface area contributed by atoms with E-state index in [0.717, 1.165) is 17.3 Å². The van der Waals surface area contributed by atoms with Crippen molar-refractivity contribution in [1.82, 2.24) is 0 Å². The molecule has 20 heavy (non-hydrogen) atoms. The van der Waals surface area contributed by atoms with E-state index in [-0.39, 0.29) is 18.1 Å². The third-order valence-corrected chi connectivity index (χ3v) is 4.45. The molecule has 106 valence electrons. The number of benzene rings is 1. The van der Waals surface area contributed by atoms with Gasteiger partial charge in [-0.25, -0.2) is 0 Å². The highest BCUT2D eigenvalue weighted by Gasteiger charge is 2.55. The van der Waals surface area contributed by atoms with Gasteiger partial charge < -0.3 is 15.2 Å². The van der Waals surface area contributed by atoms with Gasteiger partial charge in [-0.3, -0.25) is 9.59 Å². The zero-order chi connectivity index (χ0) is 14.3. The largest absolute Gasteiger partial charge is 0.481 e. The molecule has 0 saturated carbocycles. The van der Waals surface area contributed by atoms with E-state index in [1.807, 2.05) is 12.1 Å². The van der Waals surface area contributed by atoms with E-state index in [4.69, 9.17) is 4.74 Å². The molecule has 2 heterocycles. The number of ether oxygens (including phenoxy) is 1. The topological polar surface area (TPSA) is 75.6 Å². The third-order valence-electron chi connectivity index (χ3n) is 3.95. The molecule has 2 aliphatic heterocycles. The van der Waals surface area contributed by atoms with Crippen LogP contribution in [0.25, 0.3) is 0 Å². The number of anilines is 1. The lowest BCUT2D eigenvalue weighted by Gasteiger charge is -2.23. The minimum absolute atomic E-state index is 0.270. The number of halogens is 1. The Bertz CT molecular complexity index is 562. The Kier molecular flexibility index (Phi) is 3.52. The van der Waals surface area contributed by atoms with Crippen LogP contribution < -0.4 is 5.32 Å². The van der Waals surface area contributed by atoms with Crippen molar-refractivity contribution < 1.29 is 19.4 Å². The Labute approximate surface area is 124 Å². The van der Waals surface area contributed by atoms with Crippen LogP contribution >= 0.6 is 15.9 Å². The number of carbonyl (C=O) groups is 2. The van der Waals surface area contributed by atoms with Gasteiger partial charge in [0.05, 0.1) is 24.0 Å². The summed E-state index contributed by atoms with van der Waals surface area (Å²) in [5.41, 5.74) is 0.649. The predicted molar refractivity (Wildman–Crippen MR) is 75.3 cm³/mol. The highest BCUT2D eigenvalue weighted by Crippen LogP contribution is 2.44. The molecule has 2 fully saturated rings. The van der Waals surface area contributed by atoms with Crippen LogP contribution in [0.1, 0.15) is 12.8 Å². The molecule has 4 atom stereocenters. The summed E-state index contributed by atoms with van der Waals surface area (Å²) in [6.07, 6.45) is 0.886. The summed E-state index contributed by atoms with van der Waals surface area (Å²) in [4.78, 5) is 23.7. The van der Waals surface area contributed by atoms with E-state index >= 15 is 0 Å². The Balaban J connectivity index is 1.78. The molecule has 4 unspecified atom stereocenters. The molecule has 0 aliphatic carbocycles. The normalized spacial score (nSPS) is 31.2. The fourth-order valence-electron chi connectivity index (χ4n) is 3.12. The Morgan fingerprint density at radius 1 is 1.25 bits per heavy atom. The molecule has 0 spiro atoms. The summed E-state index contributed by atoms with van der Waals surface area (Å²) < 4.78 is 6.45. The Morgan fingerprint density at radius 2 is 1.95 bits per heavy atom. The van der Waals surface area contributed by atoms with E-state index in [0.29, 0.717) is 5.69 Å². The van der Waals surface area contributed by atoms with Gasteiger partial charge in [-0.2, -0.15) is 0 Å². The number of carboxylic acid groups (broad SMARTS) is 1.